The Morgan fingerprint density at radius 2 is 0.889 bits per heavy atom. The second-order valence-corrected chi connectivity index (χ2v) is 14.2. The topological polar surface area (TPSA) is 168 Å². The van der Waals surface area contributed by atoms with Gasteiger partial charge in [0.1, 0.15) is 5.75 Å². The summed E-state index contributed by atoms with van der Waals surface area (Å²) in [5, 5.41) is 8.89. The summed E-state index contributed by atoms with van der Waals surface area (Å²) in [5.41, 5.74) is 13.5. The van der Waals surface area contributed by atoms with Gasteiger partial charge in [-0.05, 0) is 144 Å². The average Bonchev–Trinajstić information content (AvgIpc) is 4.14. The third kappa shape index (κ3) is 10.2. The molecule has 0 spiro atoms. The Morgan fingerprint density at radius 1 is 0.540 bits per heavy atom. The number of hydrogen-bond acceptors (Lipinski definition) is 10. The fourth-order valence-corrected chi connectivity index (χ4v) is 7.34. The number of carbonyl (C=O) groups is 2. The van der Waals surface area contributed by atoms with E-state index in [1.165, 1.54) is 0 Å². The van der Waals surface area contributed by atoms with Crippen molar-refractivity contribution in [2.45, 2.75) is 33.1 Å². The van der Waals surface area contributed by atoms with Crippen molar-refractivity contribution in [1.29, 1.82) is 0 Å². The number of nitrogens with zero attached hydrogens (tertiary/aromatic N) is 7. The van der Waals surface area contributed by atoms with Gasteiger partial charge in [-0.25, -0.2) is 9.97 Å². The number of carboxylic acids is 1. The van der Waals surface area contributed by atoms with E-state index in [1.54, 1.807) is 37.2 Å². The van der Waals surface area contributed by atoms with Crippen LogP contribution >= 0.6 is 0 Å². The molecular weight excluding hydrogens is 834 g/mol. The number of fused-ring (bicyclic) bond motifs is 8. The van der Waals surface area contributed by atoms with Crippen molar-refractivity contribution >= 4 is 58.3 Å². The Labute approximate surface area is 374 Å². The minimum absolute atomic E-state index is 0. The van der Waals surface area contributed by atoms with Crippen LogP contribution in [0.5, 0.6) is 5.75 Å². The number of benzene rings is 1. The van der Waals surface area contributed by atoms with Crippen molar-refractivity contribution in [2.24, 2.45) is 0 Å². The fraction of sp³-hybridized carbons (Fsp3) is 0.140. The zero-order valence-corrected chi connectivity index (χ0v) is 35.6. The Kier molecular flexibility index (Phi) is 14.1. The largest absolute Gasteiger partial charge is 3.00 e. The van der Waals surface area contributed by atoms with Crippen LogP contribution in [0.2, 0.25) is 0 Å². The van der Waals surface area contributed by atoms with E-state index < -0.39 is 5.97 Å². The number of rotatable bonds is 11. The molecule has 2 aliphatic rings. The third-order valence-electron chi connectivity index (χ3n) is 10.0. The quantitative estimate of drug-likeness (QED) is 0.0690. The maximum absolute atomic E-state index is 11.7. The van der Waals surface area contributed by atoms with Gasteiger partial charge in [-0.15, -0.1) is 22.1 Å². The zero-order chi connectivity index (χ0) is 42.8. The molecule has 0 amide bonds. The molecule has 1 aromatic carbocycles. The molecule has 12 nitrogen and oxygen atoms in total. The van der Waals surface area contributed by atoms with Crippen LogP contribution in [-0.4, -0.2) is 50.1 Å². The van der Waals surface area contributed by atoms with Crippen LogP contribution in [0.15, 0.2) is 122 Å². The summed E-state index contributed by atoms with van der Waals surface area (Å²) in [5.74, 6) is -0.523. The number of hydrogen-bond donors (Lipinski definition) is 0. The number of pyridine rings is 3. The van der Waals surface area contributed by atoms with E-state index in [2.05, 4.69) is 15.0 Å². The van der Waals surface area contributed by atoms with Crippen LogP contribution in [0.3, 0.4) is 0 Å². The molecule has 9 rings (SSSR count). The number of aliphatic carboxylic acids is 1. The van der Waals surface area contributed by atoms with E-state index in [-0.39, 0.29) is 23.0 Å². The normalized spacial score (nSPS) is 11.3. The molecule has 13 heteroatoms. The van der Waals surface area contributed by atoms with Gasteiger partial charge in [0, 0.05) is 49.6 Å². The fourth-order valence-electron chi connectivity index (χ4n) is 7.34. The molecule has 0 atom stereocenters. The maximum Gasteiger partial charge on any atom is 3.00 e. The van der Waals surface area contributed by atoms with Crippen LogP contribution in [0.1, 0.15) is 55.9 Å². The molecule has 0 N–H and O–H groups in total. The number of carboxylic acid groups (broad SMARTS) is 1. The van der Waals surface area contributed by atoms with E-state index in [9.17, 15) is 4.79 Å². The molecule has 0 radical (unpaired) electrons. The van der Waals surface area contributed by atoms with Crippen molar-refractivity contribution in [2.75, 3.05) is 13.2 Å². The van der Waals surface area contributed by atoms with Gasteiger partial charge >= 0.3 is 23.0 Å². The second kappa shape index (κ2) is 20.4. The summed E-state index contributed by atoms with van der Waals surface area (Å²) in [6.45, 7) is 3.67. The van der Waals surface area contributed by atoms with Crippen LogP contribution in [0.4, 0.5) is 0 Å². The van der Waals surface area contributed by atoms with Crippen molar-refractivity contribution < 1.29 is 41.2 Å². The third-order valence-corrected chi connectivity index (χ3v) is 10.0. The van der Waals surface area contributed by atoms with Gasteiger partial charge in [0.25, 0.3) is 0 Å². The van der Waals surface area contributed by atoms with Gasteiger partial charge in [-0.2, -0.15) is 0 Å². The summed E-state index contributed by atoms with van der Waals surface area (Å²) < 4.78 is 11.1. The Bertz CT molecular complexity index is 2910. The summed E-state index contributed by atoms with van der Waals surface area (Å²) in [6.07, 6.45) is 20.7. The van der Waals surface area contributed by atoms with E-state index >= 15 is 0 Å². The predicted octanol–water partition coefficient (Wildman–Crippen LogP) is 8.63. The monoisotopic (exact) mass is 873 g/mol. The first-order chi connectivity index (χ1) is 30.4. The van der Waals surface area contributed by atoms with Gasteiger partial charge in [-0.3, -0.25) is 19.7 Å². The molecule has 0 fully saturated rings. The van der Waals surface area contributed by atoms with Crippen molar-refractivity contribution in [3.05, 3.63) is 145 Å². The van der Waals surface area contributed by atoms with Crippen molar-refractivity contribution in [1.82, 2.24) is 34.9 Å². The van der Waals surface area contributed by atoms with Gasteiger partial charge in [0.2, 0.25) is 0 Å². The van der Waals surface area contributed by atoms with Crippen LogP contribution < -0.4 is 19.8 Å². The molecule has 0 saturated carbocycles. The summed E-state index contributed by atoms with van der Waals surface area (Å²) in [7, 11) is 0. The maximum atomic E-state index is 11.7. The first-order valence-corrected chi connectivity index (χ1v) is 20.2. The standard InChI is InChI=1S/C48H37N7O3.C2H4O2.Mn/c1-2-57-44(56)5-3-4-30-58-35-8-6-31(7-9-35)45-36-10-12-38(52-36)46(32-18-24-49-25-19-32)40-14-16-42(54-40)48(34-22-28-51-29-23-34)43-17-15-41(55-43)47(33-20-26-50-27-21-33)39-13-11-37(45)53-39;1-2(3)4;/h6-29H,2-5,30H2,1H3;1H3,(H,3,4);/q-2;;+3/p-1. The molecule has 6 aromatic heterocycles. The number of ether oxygens (including phenoxy) is 2. The van der Waals surface area contributed by atoms with Gasteiger partial charge in [-0.1, -0.05) is 36.4 Å². The smallest absolute Gasteiger partial charge is 0.657 e. The number of esters is 1. The molecule has 63 heavy (non-hydrogen) atoms. The minimum Gasteiger partial charge on any atom is -0.657 e. The first-order valence-electron chi connectivity index (χ1n) is 20.2. The Balaban J connectivity index is 0.00000114. The number of carbonyl (C=O) groups excluding carboxylic acids is 2. The number of unbranched alkanes of at least 4 members (excludes halogenated alkanes) is 1. The van der Waals surface area contributed by atoms with Crippen molar-refractivity contribution in [3.8, 4) is 50.3 Å². The van der Waals surface area contributed by atoms with Crippen LogP contribution in [-0.2, 0) is 31.4 Å². The molecule has 8 heterocycles. The summed E-state index contributed by atoms with van der Waals surface area (Å²) in [6, 6.07) is 28.1. The van der Waals surface area contributed by atoms with E-state index in [1.807, 2.05) is 116 Å². The second-order valence-electron chi connectivity index (χ2n) is 14.2. The molecule has 0 unspecified atom stereocenters. The van der Waals surface area contributed by atoms with E-state index in [4.69, 9.17) is 39.3 Å². The molecule has 2 aliphatic heterocycles. The van der Waals surface area contributed by atoms with Crippen molar-refractivity contribution in [3.63, 3.8) is 0 Å². The predicted molar refractivity (Wildman–Crippen MR) is 239 cm³/mol. The van der Waals surface area contributed by atoms with E-state index in [0.717, 1.165) is 108 Å². The van der Waals surface area contributed by atoms with Gasteiger partial charge in [0.05, 0.1) is 36.0 Å². The molecule has 8 bridgehead atoms. The van der Waals surface area contributed by atoms with Gasteiger partial charge in [0.15, 0.2) is 0 Å². The zero-order valence-electron chi connectivity index (χ0n) is 34.4. The molecule has 7 aromatic rings. The van der Waals surface area contributed by atoms with Gasteiger partial charge < -0.3 is 29.3 Å². The average molecular weight is 874 g/mol. The van der Waals surface area contributed by atoms with Crippen LogP contribution in [0, 0.1) is 0 Å². The summed E-state index contributed by atoms with van der Waals surface area (Å²) >= 11 is 0. The first kappa shape index (κ1) is 43.6. The molecule has 0 saturated heterocycles. The minimum atomic E-state index is -1.08. The Hall–Kier alpha value is -7.47. The number of aromatic nitrogens is 7. The molecular formula is C50H40MnN7O5. The van der Waals surface area contributed by atoms with E-state index in [0.29, 0.717) is 26.1 Å². The SMILES string of the molecule is CC(=O)[O-].CCOC(=O)CCCCOc1ccc(-c2c3nc(c(-c4ccncc4)c4ccc([n-]4)c(-c4ccncc4)c4nc(c(-c5ccncc5)c5ccc2[n-]5)C=C4)C=C3)cc1.[Mn+3]. The molecule has 0 aliphatic carbocycles. The van der Waals surface area contributed by atoms with Crippen LogP contribution in [0.25, 0.3) is 90.9 Å². The Morgan fingerprint density at radius 3 is 1.24 bits per heavy atom. The summed E-state index contributed by atoms with van der Waals surface area (Å²) in [4.78, 5) is 54.7. The molecule has 312 valence electrons.